The summed E-state index contributed by atoms with van der Waals surface area (Å²) in [4.78, 5) is 24.7. The third-order valence-electron chi connectivity index (χ3n) is 5.32. The molecule has 2 amide bonds. The Hall–Kier alpha value is -1.44. The standard InChI is InChI=1S/C17H27N3O4S/c21-16-9-8-15(19-20(16)14-10-11-25(23,24)12-14)17(22)18-13-6-4-2-1-3-5-7-13/h13-14H,1-12H2,(H,18,22)/t14-/m1/s1. The number of hydrazone groups is 1. The van der Waals surface area contributed by atoms with Gasteiger partial charge in [-0.05, 0) is 19.3 Å². The molecule has 1 atom stereocenters. The maximum atomic E-state index is 12.6. The normalized spacial score (nSPS) is 28.2. The Labute approximate surface area is 149 Å². The number of sulfone groups is 1. The molecule has 2 aliphatic heterocycles. The van der Waals surface area contributed by atoms with E-state index in [2.05, 4.69) is 10.4 Å². The van der Waals surface area contributed by atoms with Gasteiger partial charge in [0.05, 0.1) is 17.5 Å². The number of hydrogen-bond donors (Lipinski definition) is 1. The number of rotatable bonds is 3. The van der Waals surface area contributed by atoms with Gasteiger partial charge in [-0.2, -0.15) is 5.10 Å². The summed E-state index contributed by atoms with van der Waals surface area (Å²) in [5.74, 6) is -0.367. The van der Waals surface area contributed by atoms with Crippen molar-refractivity contribution >= 4 is 27.4 Å². The molecule has 8 heteroatoms. The van der Waals surface area contributed by atoms with Gasteiger partial charge in [0.25, 0.3) is 5.91 Å². The summed E-state index contributed by atoms with van der Waals surface area (Å²) in [6.45, 7) is 0. The monoisotopic (exact) mass is 369 g/mol. The zero-order valence-electron chi connectivity index (χ0n) is 14.6. The number of nitrogens with zero attached hydrogens (tertiary/aromatic N) is 2. The maximum Gasteiger partial charge on any atom is 0.267 e. The molecule has 1 N–H and O–H groups in total. The van der Waals surface area contributed by atoms with E-state index < -0.39 is 15.9 Å². The van der Waals surface area contributed by atoms with E-state index in [1.807, 2.05) is 0 Å². The Kier molecular flexibility index (Phi) is 5.76. The molecule has 0 radical (unpaired) electrons. The molecule has 7 nitrogen and oxygen atoms in total. The second-order valence-corrected chi connectivity index (χ2v) is 9.59. The summed E-state index contributed by atoms with van der Waals surface area (Å²) in [6, 6.07) is -0.254. The van der Waals surface area contributed by atoms with E-state index in [1.54, 1.807) is 0 Å². The number of nitrogens with one attached hydrogen (secondary N) is 1. The van der Waals surface area contributed by atoms with Crippen molar-refractivity contribution < 1.29 is 18.0 Å². The van der Waals surface area contributed by atoms with Crippen LogP contribution in [0.5, 0.6) is 0 Å². The maximum absolute atomic E-state index is 12.6. The Morgan fingerprint density at radius 1 is 1.04 bits per heavy atom. The SMILES string of the molecule is O=C(NC1CCCCCCC1)C1=NN([C@@H]2CCS(=O)(=O)C2)C(=O)CC1. The van der Waals surface area contributed by atoms with Gasteiger partial charge in [0.2, 0.25) is 5.91 Å². The summed E-state index contributed by atoms with van der Waals surface area (Å²) < 4.78 is 23.3. The molecule has 0 unspecified atom stereocenters. The summed E-state index contributed by atoms with van der Waals surface area (Å²) in [5.41, 5.74) is 0.353. The largest absolute Gasteiger partial charge is 0.348 e. The van der Waals surface area contributed by atoms with Crippen molar-refractivity contribution in [3.8, 4) is 0 Å². The summed E-state index contributed by atoms with van der Waals surface area (Å²) in [6.07, 6.45) is 8.87. The topological polar surface area (TPSA) is 95.9 Å². The lowest BCUT2D eigenvalue weighted by molar-refractivity contribution is -0.133. The number of amides is 2. The molecular formula is C17H27N3O4S. The Bertz CT molecular complexity index is 651. The first-order valence-corrected chi connectivity index (χ1v) is 11.2. The molecule has 2 heterocycles. The van der Waals surface area contributed by atoms with Gasteiger partial charge in [0.15, 0.2) is 9.84 Å². The van der Waals surface area contributed by atoms with Crippen molar-refractivity contribution in [3.05, 3.63) is 0 Å². The quantitative estimate of drug-likeness (QED) is 0.813. The highest BCUT2D eigenvalue weighted by Crippen LogP contribution is 2.22. The molecule has 0 aromatic heterocycles. The van der Waals surface area contributed by atoms with Gasteiger partial charge in [-0.3, -0.25) is 9.59 Å². The fourth-order valence-corrected chi connectivity index (χ4v) is 5.55. The van der Waals surface area contributed by atoms with Crippen molar-refractivity contribution in [2.45, 2.75) is 76.3 Å². The molecule has 1 saturated heterocycles. The highest BCUT2D eigenvalue weighted by atomic mass is 32.2. The fraction of sp³-hybridized carbons (Fsp3) is 0.824. The molecule has 0 spiro atoms. The van der Waals surface area contributed by atoms with Gasteiger partial charge in [-0.25, -0.2) is 13.4 Å². The van der Waals surface area contributed by atoms with Crippen molar-refractivity contribution in [2.75, 3.05) is 11.5 Å². The lowest BCUT2D eigenvalue weighted by Crippen LogP contribution is -2.46. The van der Waals surface area contributed by atoms with Gasteiger partial charge < -0.3 is 5.32 Å². The molecule has 3 aliphatic rings. The second-order valence-electron chi connectivity index (χ2n) is 7.36. The van der Waals surface area contributed by atoms with Crippen molar-refractivity contribution in [2.24, 2.45) is 5.10 Å². The van der Waals surface area contributed by atoms with Gasteiger partial charge in [-0.1, -0.05) is 32.1 Å². The Morgan fingerprint density at radius 2 is 1.72 bits per heavy atom. The van der Waals surface area contributed by atoms with Crippen molar-refractivity contribution in [1.29, 1.82) is 0 Å². The number of hydrogen-bond acceptors (Lipinski definition) is 5. The van der Waals surface area contributed by atoms with Crippen LogP contribution in [0.15, 0.2) is 5.10 Å². The van der Waals surface area contributed by atoms with Crippen molar-refractivity contribution in [1.82, 2.24) is 10.3 Å². The number of carbonyl (C=O) groups excluding carboxylic acids is 2. The highest BCUT2D eigenvalue weighted by Gasteiger charge is 2.37. The Balaban J connectivity index is 1.65. The molecule has 3 rings (SSSR count). The molecule has 1 saturated carbocycles. The molecule has 140 valence electrons. The minimum absolute atomic E-state index is 0.0558. The van der Waals surface area contributed by atoms with E-state index in [9.17, 15) is 18.0 Å². The van der Waals surface area contributed by atoms with Crippen LogP contribution in [0.4, 0.5) is 0 Å². The first-order chi connectivity index (χ1) is 11.9. The minimum atomic E-state index is -3.10. The zero-order chi connectivity index (χ0) is 17.9. The zero-order valence-corrected chi connectivity index (χ0v) is 15.4. The first-order valence-electron chi connectivity index (χ1n) is 9.35. The van der Waals surface area contributed by atoms with Crippen LogP contribution in [0, 0.1) is 0 Å². The van der Waals surface area contributed by atoms with Gasteiger partial charge in [0.1, 0.15) is 5.71 Å². The molecule has 0 aromatic rings. The molecule has 0 aromatic carbocycles. The summed E-state index contributed by atoms with van der Waals surface area (Å²) in [7, 11) is -3.10. The first kappa shape index (κ1) is 18.4. The van der Waals surface area contributed by atoms with E-state index in [0.29, 0.717) is 18.6 Å². The summed E-state index contributed by atoms with van der Waals surface area (Å²) in [5, 5.41) is 8.57. The smallest absolute Gasteiger partial charge is 0.267 e. The van der Waals surface area contributed by atoms with Crippen LogP contribution in [-0.2, 0) is 19.4 Å². The molecule has 1 aliphatic carbocycles. The predicted molar refractivity (Wildman–Crippen MR) is 94.8 cm³/mol. The lowest BCUT2D eigenvalue weighted by Gasteiger charge is -2.28. The van der Waals surface area contributed by atoms with Crippen LogP contribution >= 0.6 is 0 Å². The van der Waals surface area contributed by atoms with E-state index in [4.69, 9.17) is 0 Å². The van der Waals surface area contributed by atoms with Crippen LogP contribution in [0.1, 0.15) is 64.2 Å². The van der Waals surface area contributed by atoms with Gasteiger partial charge >= 0.3 is 0 Å². The third kappa shape index (κ3) is 4.80. The molecular weight excluding hydrogens is 342 g/mol. The highest BCUT2D eigenvalue weighted by molar-refractivity contribution is 7.91. The second kappa shape index (κ2) is 7.85. The number of carbonyl (C=O) groups is 2. The van der Waals surface area contributed by atoms with Crippen LogP contribution in [-0.4, -0.2) is 54.5 Å². The average Bonchev–Trinajstić information content (AvgIpc) is 2.90. The van der Waals surface area contributed by atoms with Crippen LogP contribution in [0.2, 0.25) is 0 Å². The van der Waals surface area contributed by atoms with Gasteiger partial charge in [-0.15, -0.1) is 0 Å². The predicted octanol–water partition coefficient (Wildman–Crippen LogP) is 1.38. The van der Waals surface area contributed by atoms with E-state index >= 15 is 0 Å². The van der Waals surface area contributed by atoms with Gasteiger partial charge in [0, 0.05) is 18.9 Å². The molecule has 2 fully saturated rings. The summed E-state index contributed by atoms with van der Waals surface area (Å²) >= 11 is 0. The van der Waals surface area contributed by atoms with E-state index in [0.717, 1.165) is 25.7 Å². The minimum Gasteiger partial charge on any atom is -0.348 e. The van der Waals surface area contributed by atoms with E-state index in [-0.39, 0.29) is 35.8 Å². The molecule has 25 heavy (non-hydrogen) atoms. The molecule has 0 bridgehead atoms. The lowest BCUT2D eigenvalue weighted by atomic mass is 9.96. The van der Waals surface area contributed by atoms with Crippen LogP contribution < -0.4 is 5.32 Å². The van der Waals surface area contributed by atoms with Crippen molar-refractivity contribution in [3.63, 3.8) is 0 Å². The average molecular weight is 369 g/mol. The van der Waals surface area contributed by atoms with Crippen LogP contribution in [0.25, 0.3) is 0 Å². The fourth-order valence-electron chi connectivity index (χ4n) is 3.86. The third-order valence-corrected chi connectivity index (χ3v) is 7.07. The van der Waals surface area contributed by atoms with E-state index in [1.165, 1.54) is 24.3 Å². The van der Waals surface area contributed by atoms with Crippen LogP contribution in [0.3, 0.4) is 0 Å². The Morgan fingerprint density at radius 3 is 2.36 bits per heavy atom.